The molecule has 156 valence electrons. The molecule has 3 heterocycles. The van der Waals surface area contributed by atoms with Crippen LogP contribution in [-0.4, -0.2) is 65.6 Å². The fourth-order valence-electron chi connectivity index (χ4n) is 3.24. The molecule has 1 saturated heterocycles. The van der Waals surface area contributed by atoms with Gasteiger partial charge in [-0.15, -0.1) is 0 Å². The van der Waals surface area contributed by atoms with Gasteiger partial charge in [0.25, 0.3) is 5.91 Å². The van der Waals surface area contributed by atoms with Gasteiger partial charge >= 0.3 is 0 Å². The summed E-state index contributed by atoms with van der Waals surface area (Å²) in [7, 11) is 2.12. The number of nitrogens with one attached hydrogen (secondary N) is 1. The fourth-order valence-corrected chi connectivity index (χ4v) is 3.50. The van der Waals surface area contributed by atoms with Crippen molar-refractivity contribution in [3.05, 3.63) is 46.7 Å². The zero-order chi connectivity index (χ0) is 21.1. The van der Waals surface area contributed by atoms with Gasteiger partial charge in [-0.05, 0) is 44.3 Å². The quantitative estimate of drug-likeness (QED) is 0.613. The Balaban J connectivity index is 1.43. The number of likely N-dealkylation sites (N-methyl/N-ethyl adjacent to an activating group) is 1. The molecule has 0 aliphatic carbocycles. The minimum atomic E-state index is -0.258. The fraction of sp³-hybridized carbons (Fsp3) is 0.333. The molecule has 0 saturated carbocycles. The number of aryl methyl sites for hydroxylation is 1. The van der Waals surface area contributed by atoms with E-state index in [1.54, 1.807) is 18.3 Å². The van der Waals surface area contributed by atoms with E-state index < -0.39 is 0 Å². The van der Waals surface area contributed by atoms with Gasteiger partial charge in [0.2, 0.25) is 5.95 Å². The number of nitrogens with zero attached hydrogens (tertiary/aromatic N) is 5. The second-order valence-electron chi connectivity index (χ2n) is 7.29. The van der Waals surface area contributed by atoms with Gasteiger partial charge in [0.1, 0.15) is 5.75 Å². The predicted octanol–water partition coefficient (Wildman–Crippen LogP) is 2.87. The second-order valence-corrected chi connectivity index (χ2v) is 8.20. The number of halogens is 1. The van der Waals surface area contributed by atoms with Gasteiger partial charge in [0.05, 0.1) is 17.6 Å². The Morgan fingerprint density at radius 3 is 2.63 bits per heavy atom. The molecule has 0 bridgehead atoms. The van der Waals surface area contributed by atoms with Gasteiger partial charge < -0.3 is 19.9 Å². The van der Waals surface area contributed by atoms with Crippen LogP contribution in [0.2, 0.25) is 0 Å². The first-order valence-corrected chi connectivity index (χ1v) is 10.5. The molecule has 1 amide bonds. The normalized spacial score (nSPS) is 14.7. The highest BCUT2D eigenvalue weighted by molar-refractivity contribution is 9.10. The third-order valence-corrected chi connectivity index (χ3v) is 5.51. The van der Waals surface area contributed by atoms with Gasteiger partial charge in [-0.2, -0.15) is 4.98 Å². The second kappa shape index (κ2) is 8.93. The molecule has 1 aliphatic rings. The molecule has 4 rings (SSSR count). The van der Waals surface area contributed by atoms with Crippen LogP contribution in [0.5, 0.6) is 5.75 Å². The van der Waals surface area contributed by atoms with Crippen LogP contribution in [0, 0.1) is 6.92 Å². The molecule has 1 fully saturated rings. The standard InChI is InChI=1S/C21H23BrN6O2/c1-14-18-11-16(25-19(29)13-30-17-5-3-15(22)4-6-17)12-23-20(18)26-21(24-14)28-9-7-27(2)8-10-28/h3-6,11-12H,7-10,13H2,1-2H3,(H,25,29). The number of aromatic nitrogens is 3. The molecule has 8 nitrogen and oxygen atoms in total. The summed E-state index contributed by atoms with van der Waals surface area (Å²) >= 11 is 3.37. The first-order chi connectivity index (χ1) is 14.5. The van der Waals surface area contributed by atoms with E-state index in [0.29, 0.717) is 23.0 Å². The summed E-state index contributed by atoms with van der Waals surface area (Å²) in [6.45, 7) is 5.62. The average Bonchev–Trinajstić information content (AvgIpc) is 2.74. The van der Waals surface area contributed by atoms with Crippen molar-refractivity contribution in [1.29, 1.82) is 0 Å². The molecule has 1 aromatic carbocycles. The van der Waals surface area contributed by atoms with E-state index in [4.69, 9.17) is 4.74 Å². The smallest absolute Gasteiger partial charge is 0.262 e. The average molecular weight is 471 g/mol. The van der Waals surface area contributed by atoms with Crippen molar-refractivity contribution in [2.75, 3.05) is 50.1 Å². The Bertz CT molecular complexity index is 1050. The number of ether oxygens (including phenoxy) is 1. The number of carbonyl (C=O) groups is 1. The summed E-state index contributed by atoms with van der Waals surface area (Å²) < 4.78 is 6.46. The van der Waals surface area contributed by atoms with E-state index >= 15 is 0 Å². The summed E-state index contributed by atoms with van der Waals surface area (Å²) in [4.78, 5) is 30.5. The zero-order valence-corrected chi connectivity index (χ0v) is 18.5. The van der Waals surface area contributed by atoms with E-state index in [0.717, 1.165) is 41.7 Å². The van der Waals surface area contributed by atoms with Crippen LogP contribution >= 0.6 is 15.9 Å². The molecule has 0 spiro atoms. The summed E-state index contributed by atoms with van der Waals surface area (Å²) in [5.41, 5.74) is 2.05. The van der Waals surface area contributed by atoms with Crippen molar-refractivity contribution in [2.45, 2.75) is 6.92 Å². The Kier molecular flexibility index (Phi) is 6.10. The summed E-state index contributed by atoms with van der Waals surface area (Å²) in [6.07, 6.45) is 1.61. The highest BCUT2D eigenvalue weighted by Gasteiger charge is 2.18. The Morgan fingerprint density at radius 1 is 1.17 bits per heavy atom. The highest BCUT2D eigenvalue weighted by atomic mass is 79.9. The molecular weight excluding hydrogens is 448 g/mol. The third kappa shape index (κ3) is 4.85. The predicted molar refractivity (Wildman–Crippen MR) is 120 cm³/mol. The Labute approximate surface area is 183 Å². The molecule has 0 unspecified atom stereocenters. The van der Waals surface area contributed by atoms with Crippen LogP contribution < -0.4 is 15.0 Å². The van der Waals surface area contributed by atoms with E-state index in [1.807, 2.05) is 25.1 Å². The lowest BCUT2D eigenvalue weighted by Gasteiger charge is -2.32. The maximum absolute atomic E-state index is 12.2. The lowest BCUT2D eigenvalue weighted by Crippen LogP contribution is -2.45. The van der Waals surface area contributed by atoms with Crippen LogP contribution in [0.15, 0.2) is 41.0 Å². The lowest BCUT2D eigenvalue weighted by molar-refractivity contribution is -0.118. The number of amides is 1. The number of pyridine rings is 1. The number of hydrogen-bond acceptors (Lipinski definition) is 7. The molecule has 2 aromatic heterocycles. The van der Waals surface area contributed by atoms with E-state index in [-0.39, 0.29) is 12.5 Å². The largest absolute Gasteiger partial charge is 0.484 e. The molecule has 1 N–H and O–H groups in total. The number of benzene rings is 1. The highest BCUT2D eigenvalue weighted by Crippen LogP contribution is 2.22. The van der Waals surface area contributed by atoms with Crippen LogP contribution in [-0.2, 0) is 4.79 Å². The van der Waals surface area contributed by atoms with Gasteiger partial charge in [0, 0.05) is 36.0 Å². The summed E-state index contributed by atoms with van der Waals surface area (Å²) in [5, 5.41) is 3.64. The van der Waals surface area contributed by atoms with E-state index in [2.05, 4.69) is 53.0 Å². The van der Waals surface area contributed by atoms with Crippen molar-refractivity contribution in [3.63, 3.8) is 0 Å². The third-order valence-electron chi connectivity index (χ3n) is 4.98. The van der Waals surface area contributed by atoms with Gasteiger partial charge in [-0.3, -0.25) is 4.79 Å². The maximum Gasteiger partial charge on any atom is 0.262 e. The monoisotopic (exact) mass is 470 g/mol. The minimum Gasteiger partial charge on any atom is -0.484 e. The molecule has 9 heteroatoms. The Morgan fingerprint density at radius 2 is 1.90 bits per heavy atom. The first-order valence-electron chi connectivity index (χ1n) is 9.74. The number of fused-ring (bicyclic) bond motifs is 1. The number of anilines is 2. The number of hydrogen-bond donors (Lipinski definition) is 1. The zero-order valence-electron chi connectivity index (χ0n) is 16.9. The minimum absolute atomic E-state index is 0.0858. The van der Waals surface area contributed by atoms with Crippen molar-refractivity contribution in [1.82, 2.24) is 19.9 Å². The van der Waals surface area contributed by atoms with Crippen molar-refractivity contribution >= 4 is 44.5 Å². The molecule has 0 atom stereocenters. The van der Waals surface area contributed by atoms with Gasteiger partial charge in [-0.25, -0.2) is 9.97 Å². The summed E-state index contributed by atoms with van der Waals surface area (Å²) in [6, 6.07) is 9.17. The molecular formula is C21H23BrN6O2. The SMILES string of the molecule is Cc1nc(N2CCN(C)CC2)nc2ncc(NC(=O)COc3ccc(Br)cc3)cc12. The first kappa shape index (κ1) is 20.5. The molecule has 30 heavy (non-hydrogen) atoms. The van der Waals surface area contributed by atoms with E-state index in [1.165, 1.54) is 0 Å². The van der Waals surface area contributed by atoms with Crippen LogP contribution in [0.1, 0.15) is 5.69 Å². The maximum atomic E-state index is 12.2. The molecule has 0 radical (unpaired) electrons. The summed E-state index contributed by atoms with van der Waals surface area (Å²) in [5.74, 6) is 1.08. The van der Waals surface area contributed by atoms with Crippen molar-refractivity contribution in [3.8, 4) is 5.75 Å². The number of rotatable bonds is 5. The topological polar surface area (TPSA) is 83.5 Å². The van der Waals surface area contributed by atoms with Crippen LogP contribution in [0.25, 0.3) is 11.0 Å². The van der Waals surface area contributed by atoms with Gasteiger partial charge in [0.15, 0.2) is 12.3 Å². The van der Waals surface area contributed by atoms with Crippen molar-refractivity contribution < 1.29 is 9.53 Å². The van der Waals surface area contributed by atoms with E-state index in [9.17, 15) is 4.79 Å². The Hall–Kier alpha value is -2.78. The van der Waals surface area contributed by atoms with Crippen LogP contribution in [0.4, 0.5) is 11.6 Å². The van der Waals surface area contributed by atoms with Gasteiger partial charge in [-0.1, -0.05) is 15.9 Å². The lowest BCUT2D eigenvalue weighted by atomic mass is 10.2. The van der Waals surface area contributed by atoms with Crippen LogP contribution in [0.3, 0.4) is 0 Å². The molecule has 3 aromatic rings. The van der Waals surface area contributed by atoms with Crippen molar-refractivity contribution in [2.24, 2.45) is 0 Å². The number of carbonyl (C=O) groups excluding carboxylic acids is 1. The number of piperazine rings is 1. The molecule has 1 aliphatic heterocycles.